The van der Waals surface area contributed by atoms with Crippen molar-refractivity contribution in [2.45, 2.75) is 39.5 Å². The van der Waals surface area contributed by atoms with Crippen molar-refractivity contribution in [3.63, 3.8) is 0 Å². The number of piperidine rings is 1. The first-order valence-corrected chi connectivity index (χ1v) is 10.6. The van der Waals surface area contributed by atoms with E-state index in [4.69, 9.17) is 10.3 Å². The predicted molar refractivity (Wildman–Crippen MR) is 116 cm³/mol. The maximum Gasteiger partial charge on any atom is 0.222 e. The van der Waals surface area contributed by atoms with Crippen molar-refractivity contribution in [1.82, 2.24) is 19.8 Å². The van der Waals surface area contributed by atoms with Crippen LogP contribution in [0.2, 0.25) is 0 Å². The Bertz CT molecular complexity index is 1070. The Labute approximate surface area is 181 Å². The number of aromatic nitrogens is 3. The summed E-state index contributed by atoms with van der Waals surface area (Å²) in [6.07, 6.45) is 4.02. The smallest absolute Gasteiger partial charge is 0.222 e. The highest BCUT2D eigenvalue weighted by atomic mass is 16.5. The van der Waals surface area contributed by atoms with Gasteiger partial charge in [0.25, 0.3) is 0 Å². The van der Waals surface area contributed by atoms with Crippen molar-refractivity contribution in [3.05, 3.63) is 59.1 Å². The van der Waals surface area contributed by atoms with Gasteiger partial charge in [0.15, 0.2) is 5.78 Å². The van der Waals surface area contributed by atoms with Crippen molar-refractivity contribution >= 4 is 17.5 Å². The van der Waals surface area contributed by atoms with Crippen molar-refractivity contribution < 1.29 is 14.1 Å². The number of Topliss-reactive ketones (excluding diaryl/α,β-unsaturated/α-hetero) is 1. The normalized spacial score (nSPS) is 16.5. The van der Waals surface area contributed by atoms with E-state index in [0.29, 0.717) is 37.3 Å². The van der Waals surface area contributed by atoms with E-state index in [1.54, 1.807) is 9.58 Å². The van der Waals surface area contributed by atoms with Gasteiger partial charge in [-0.1, -0.05) is 23.4 Å². The lowest BCUT2D eigenvalue weighted by molar-refractivity contribution is -0.132. The molecule has 8 heteroatoms. The second-order valence-corrected chi connectivity index (χ2v) is 8.04. The Balaban J connectivity index is 1.42. The monoisotopic (exact) mass is 421 g/mol. The van der Waals surface area contributed by atoms with Gasteiger partial charge in [0, 0.05) is 31.0 Å². The predicted octanol–water partition coefficient (Wildman–Crippen LogP) is 3.11. The summed E-state index contributed by atoms with van der Waals surface area (Å²) in [6, 6.07) is 9.47. The highest BCUT2D eigenvalue weighted by Crippen LogP contribution is 2.26. The Morgan fingerprint density at radius 2 is 2.00 bits per heavy atom. The van der Waals surface area contributed by atoms with Crippen LogP contribution in [-0.2, 0) is 11.2 Å². The minimum Gasteiger partial charge on any atom is -0.383 e. The summed E-state index contributed by atoms with van der Waals surface area (Å²) in [5.74, 6) is 0.807. The van der Waals surface area contributed by atoms with E-state index in [-0.39, 0.29) is 17.6 Å². The number of rotatable bonds is 6. The molecule has 2 aromatic heterocycles. The summed E-state index contributed by atoms with van der Waals surface area (Å²) in [4.78, 5) is 27.8. The molecule has 1 fully saturated rings. The number of carbonyl (C=O) groups is 2. The van der Waals surface area contributed by atoms with E-state index in [1.807, 2.05) is 44.2 Å². The van der Waals surface area contributed by atoms with Gasteiger partial charge in [0.1, 0.15) is 11.6 Å². The van der Waals surface area contributed by atoms with Gasteiger partial charge in [0.2, 0.25) is 5.91 Å². The molecule has 0 bridgehead atoms. The van der Waals surface area contributed by atoms with Gasteiger partial charge < -0.3 is 15.2 Å². The van der Waals surface area contributed by atoms with Crippen LogP contribution in [0.15, 0.2) is 41.1 Å². The molecule has 1 atom stereocenters. The molecular weight excluding hydrogens is 394 g/mol. The molecule has 162 valence electrons. The molecular formula is C23H27N5O3. The second kappa shape index (κ2) is 8.75. The van der Waals surface area contributed by atoms with Gasteiger partial charge in [-0.05, 0) is 45.2 Å². The first-order chi connectivity index (χ1) is 15.0. The highest BCUT2D eigenvalue weighted by Gasteiger charge is 2.31. The number of para-hydroxylation sites is 1. The fourth-order valence-electron chi connectivity index (χ4n) is 4.21. The minimum absolute atomic E-state index is 0.0467. The lowest BCUT2D eigenvalue weighted by Crippen LogP contribution is -2.42. The van der Waals surface area contributed by atoms with Crippen LogP contribution in [0.4, 0.5) is 5.82 Å². The van der Waals surface area contributed by atoms with Gasteiger partial charge in [-0.15, -0.1) is 0 Å². The van der Waals surface area contributed by atoms with Crippen molar-refractivity contribution in [3.8, 4) is 5.69 Å². The molecule has 4 rings (SSSR count). The quantitative estimate of drug-likeness (QED) is 0.613. The molecule has 1 aliphatic heterocycles. The number of benzene rings is 1. The van der Waals surface area contributed by atoms with Gasteiger partial charge >= 0.3 is 0 Å². The molecule has 0 saturated carbocycles. The third-order valence-corrected chi connectivity index (χ3v) is 5.99. The molecule has 0 radical (unpaired) electrons. The molecule has 0 unspecified atom stereocenters. The second-order valence-electron chi connectivity index (χ2n) is 8.04. The van der Waals surface area contributed by atoms with Gasteiger partial charge in [0.05, 0.1) is 23.1 Å². The van der Waals surface area contributed by atoms with Gasteiger partial charge in [-0.3, -0.25) is 9.59 Å². The van der Waals surface area contributed by atoms with Crippen molar-refractivity contribution in [2.75, 3.05) is 18.8 Å². The average molecular weight is 422 g/mol. The number of amides is 1. The molecule has 0 aliphatic carbocycles. The molecule has 1 saturated heterocycles. The van der Waals surface area contributed by atoms with Crippen LogP contribution in [0.3, 0.4) is 0 Å². The fraction of sp³-hybridized carbons (Fsp3) is 0.391. The number of nitrogens with zero attached hydrogens (tertiary/aromatic N) is 4. The maximum absolute atomic E-state index is 13.2. The molecule has 1 amide bonds. The Hall–Kier alpha value is -3.42. The van der Waals surface area contributed by atoms with Crippen LogP contribution in [0, 0.1) is 19.8 Å². The molecule has 3 aromatic rings. The number of nitrogen functional groups attached to an aromatic ring is 1. The van der Waals surface area contributed by atoms with Crippen molar-refractivity contribution in [1.29, 1.82) is 0 Å². The number of likely N-dealkylation sites (tertiary alicyclic amines) is 1. The van der Waals surface area contributed by atoms with E-state index < -0.39 is 0 Å². The number of carbonyl (C=O) groups excluding carboxylic acids is 2. The van der Waals surface area contributed by atoms with E-state index in [2.05, 4.69) is 10.3 Å². The average Bonchev–Trinajstić information content (AvgIpc) is 3.33. The Morgan fingerprint density at radius 3 is 2.71 bits per heavy atom. The summed E-state index contributed by atoms with van der Waals surface area (Å²) >= 11 is 0. The molecule has 3 heterocycles. The van der Waals surface area contributed by atoms with E-state index in [1.165, 1.54) is 6.20 Å². The first-order valence-electron chi connectivity index (χ1n) is 10.6. The van der Waals surface area contributed by atoms with Crippen LogP contribution < -0.4 is 5.73 Å². The molecule has 1 aliphatic rings. The van der Waals surface area contributed by atoms with Crippen molar-refractivity contribution in [2.24, 2.45) is 5.92 Å². The number of anilines is 1. The summed E-state index contributed by atoms with van der Waals surface area (Å²) in [6.45, 7) is 4.82. The molecule has 31 heavy (non-hydrogen) atoms. The third kappa shape index (κ3) is 4.23. The first kappa shape index (κ1) is 20.8. The van der Waals surface area contributed by atoms with E-state index >= 15 is 0 Å². The number of hydrogen-bond donors (Lipinski definition) is 1. The van der Waals surface area contributed by atoms with Crippen LogP contribution in [0.25, 0.3) is 5.69 Å². The fourth-order valence-corrected chi connectivity index (χ4v) is 4.21. The molecule has 1 aromatic carbocycles. The summed E-state index contributed by atoms with van der Waals surface area (Å²) in [5, 5.41) is 8.25. The number of ketones is 1. The van der Waals surface area contributed by atoms with Crippen LogP contribution >= 0.6 is 0 Å². The summed E-state index contributed by atoms with van der Waals surface area (Å²) < 4.78 is 6.75. The maximum atomic E-state index is 13.2. The largest absolute Gasteiger partial charge is 0.383 e. The number of hydrogen-bond acceptors (Lipinski definition) is 6. The standard InChI is InChI=1S/C23H27N5O3/c1-15-19(16(2)31-26-15)10-11-21(29)27-12-6-7-17(14-27)22(30)20-13-25-28(23(20)24)18-8-4-3-5-9-18/h3-5,8-9,13,17H,6-7,10-12,14,24H2,1-2H3/t17-/m1/s1. The lowest BCUT2D eigenvalue weighted by Gasteiger charge is -2.32. The Kier molecular flexibility index (Phi) is 5.88. The summed E-state index contributed by atoms with van der Waals surface area (Å²) in [7, 11) is 0. The highest BCUT2D eigenvalue weighted by molar-refractivity contribution is 6.02. The topological polar surface area (TPSA) is 107 Å². The van der Waals surface area contributed by atoms with E-state index in [9.17, 15) is 9.59 Å². The molecule has 2 N–H and O–H groups in total. The van der Waals surface area contributed by atoms with Gasteiger partial charge in [-0.2, -0.15) is 5.10 Å². The van der Waals surface area contributed by atoms with Crippen LogP contribution in [-0.4, -0.2) is 44.6 Å². The lowest BCUT2D eigenvalue weighted by atomic mass is 9.90. The molecule has 0 spiro atoms. The third-order valence-electron chi connectivity index (χ3n) is 5.99. The van der Waals surface area contributed by atoms with Crippen LogP contribution in [0.5, 0.6) is 0 Å². The Morgan fingerprint density at radius 1 is 1.23 bits per heavy atom. The SMILES string of the molecule is Cc1noc(C)c1CCC(=O)N1CCC[C@@H](C(=O)c2cnn(-c3ccccc3)c2N)C1. The van der Waals surface area contributed by atoms with E-state index in [0.717, 1.165) is 35.5 Å². The van der Waals surface area contributed by atoms with Gasteiger partial charge in [-0.25, -0.2) is 4.68 Å². The number of aryl methyl sites for hydroxylation is 2. The summed E-state index contributed by atoms with van der Waals surface area (Å²) in [5.41, 5.74) is 9.28. The zero-order valence-corrected chi connectivity index (χ0v) is 17.9. The minimum atomic E-state index is -0.271. The molecule has 8 nitrogen and oxygen atoms in total. The number of nitrogens with two attached hydrogens (primary N) is 1. The zero-order valence-electron chi connectivity index (χ0n) is 17.9. The van der Waals surface area contributed by atoms with Crippen LogP contribution in [0.1, 0.15) is 46.6 Å². The zero-order chi connectivity index (χ0) is 22.0.